The third-order valence-electron chi connectivity index (χ3n) is 3.10. The smallest absolute Gasteiger partial charge is 0.317 e. The van der Waals surface area contributed by atoms with Gasteiger partial charge in [0.1, 0.15) is 6.17 Å². The molecule has 14 heavy (non-hydrogen) atoms. The average molecular weight is 200 g/mol. The molecular formula is C10H17FN2O. The molecule has 0 aromatic heterocycles. The van der Waals surface area contributed by atoms with Crippen LogP contribution in [0.1, 0.15) is 32.1 Å². The zero-order valence-corrected chi connectivity index (χ0v) is 8.34. The summed E-state index contributed by atoms with van der Waals surface area (Å²) in [5.74, 6) is 0. The number of rotatable bonds is 1. The highest BCUT2D eigenvalue weighted by Gasteiger charge is 2.27. The molecule has 1 heterocycles. The van der Waals surface area contributed by atoms with E-state index in [-0.39, 0.29) is 12.6 Å². The van der Waals surface area contributed by atoms with Gasteiger partial charge in [0, 0.05) is 12.6 Å². The zero-order chi connectivity index (χ0) is 9.97. The van der Waals surface area contributed by atoms with E-state index in [9.17, 15) is 9.18 Å². The Labute approximate surface area is 83.6 Å². The maximum atomic E-state index is 12.8. The van der Waals surface area contributed by atoms with Gasteiger partial charge in [-0.05, 0) is 19.3 Å². The number of alkyl halides is 1. The first kappa shape index (κ1) is 9.74. The fraction of sp³-hybridized carbons (Fsp3) is 0.900. The normalized spacial score (nSPS) is 28.4. The zero-order valence-electron chi connectivity index (χ0n) is 8.34. The van der Waals surface area contributed by atoms with E-state index in [0.29, 0.717) is 19.0 Å². The summed E-state index contributed by atoms with van der Waals surface area (Å²) in [7, 11) is 0. The van der Waals surface area contributed by atoms with E-state index in [4.69, 9.17) is 0 Å². The topological polar surface area (TPSA) is 32.3 Å². The Kier molecular flexibility index (Phi) is 2.89. The van der Waals surface area contributed by atoms with Crippen LogP contribution in [0.15, 0.2) is 0 Å². The molecule has 2 aliphatic rings. The summed E-state index contributed by atoms with van der Waals surface area (Å²) in [6, 6.07) is 0.262. The number of hydrogen-bond acceptors (Lipinski definition) is 1. The number of hydrogen-bond donors (Lipinski definition) is 1. The van der Waals surface area contributed by atoms with Gasteiger partial charge in [-0.3, -0.25) is 0 Å². The summed E-state index contributed by atoms with van der Waals surface area (Å²) in [6.45, 7) is 0.846. The Morgan fingerprint density at radius 2 is 2.00 bits per heavy atom. The molecule has 2 amide bonds. The molecular weight excluding hydrogens is 183 g/mol. The van der Waals surface area contributed by atoms with Crippen LogP contribution in [0.4, 0.5) is 9.18 Å². The molecule has 3 nitrogen and oxygen atoms in total. The summed E-state index contributed by atoms with van der Waals surface area (Å²) < 4.78 is 12.8. The number of amides is 2. The maximum absolute atomic E-state index is 12.8. The number of nitrogens with one attached hydrogen (secondary N) is 1. The Hall–Kier alpha value is -0.800. The van der Waals surface area contributed by atoms with Crippen molar-refractivity contribution in [3.8, 4) is 0 Å². The summed E-state index contributed by atoms with van der Waals surface area (Å²) in [5.41, 5.74) is 0. The summed E-state index contributed by atoms with van der Waals surface area (Å²) >= 11 is 0. The lowest BCUT2D eigenvalue weighted by Gasteiger charge is -2.19. The van der Waals surface area contributed by atoms with Gasteiger partial charge in [0.05, 0.1) is 6.54 Å². The summed E-state index contributed by atoms with van der Waals surface area (Å²) in [5, 5.41) is 2.96. The molecule has 2 fully saturated rings. The van der Waals surface area contributed by atoms with E-state index in [1.165, 1.54) is 12.8 Å². The first-order valence-electron chi connectivity index (χ1n) is 5.45. The molecule has 0 aromatic rings. The molecule has 1 saturated carbocycles. The molecule has 0 aromatic carbocycles. The quantitative estimate of drug-likeness (QED) is 0.686. The van der Waals surface area contributed by atoms with Crippen molar-refractivity contribution in [2.45, 2.75) is 44.3 Å². The minimum atomic E-state index is -0.815. The second-order valence-corrected chi connectivity index (χ2v) is 4.26. The van der Waals surface area contributed by atoms with E-state index in [0.717, 1.165) is 12.8 Å². The van der Waals surface area contributed by atoms with Crippen molar-refractivity contribution in [1.82, 2.24) is 10.2 Å². The molecule has 1 atom stereocenters. The van der Waals surface area contributed by atoms with Crippen LogP contribution in [0.25, 0.3) is 0 Å². The molecule has 0 bridgehead atoms. The van der Waals surface area contributed by atoms with Crippen LogP contribution >= 0.6 is 0 Å². The fourth-order valence-electron chi connectivity index (χ4n) is 2.24. The van der Waals surface area contributed by atoms with Gasteiger partial charge in [0.15, 0.2) is 0 Å². The average Bonchev–Trinajstić information content (AvgIpc) is 2.75. The lowest BCUT2D eigenvalue weighted by molar-refractivity contribution is 0.200. The molecule has 1 N–H and O–H groups in total. The van der Waals surface area contributed by atoms with Crippen molar-refractivity contribution in [2.24, 2.45) is 0 Å². The van der Waals surface area contributed by atoms with Crippen molar-refractivity contribution >= 4 is 6.03 Å². The SMILES string of the molecule is O=C(NC1CCCC1)N1CCC(F)C1. The van der Waals surface area contributed by atoms with E-state index in [1.807, 2.05) is 0 Å². The van der Waals surface area contributed by atoms with Gasteiger partial charge in [-0.1, -0.05) is 12.8 Å². The monoisotopic (exact) mass is 200 g/mol. The Morgan fingerprint density at radius 3 is 2.57 bits per heavy atom. The Bertz CT molecular complexity index is 216. The Morgan fingerprint density at radius 1 is 1.29 bits per heavy atom. The molecule has 80 valence electrons. The number of halogens is 1. The van der Waals surface area contributed by atoms with E-state index < -0.39 is 6.17 Å². The van der Waals surface area contributed by atoms with Crippen molar-refractivity contribution in [3.05, 3.63) is 0 Å². The fourth-order valence-corrected chi connectivity index (χ4v) is 2.24. The number of likely N-dealkylation sites (tertiary alicyclic amines) is 1. The van der Waals surface area contributed by atoms with Gasteiger partial charge in [0.25, 0.3) is 0 Å². The second kappa shape index (κ2) is 4.15. The third kappa shape index (κ3) is 2.16. The lowest BCUT2D eigenvalue weighted by Crippen LogP contribution is -2.43. The standard InChI is InChI=1S/C10H17FN2O/c11-8-5-6-13(7-8)10(14)12-9-3-1-2-4-9/h8-9H,1-7H2,(H,12,14). The maximum Gasteiger partial charge on any atom is 0.317 e. The minimum absolute atomic E-state index is 0.0722. The highest BCUT2D eigenvalue weighted by molar-refractivity contribution is 5.74. The molecule has 1 aliphatic carbocycles. The largest absolute Gasteiger partial charge is 0.335 e. The van der Waals surface area contributed by atoms with Crippen LogP contribution in [0.2, 0.25) is 0 Å². The van der Waals surface area contributed by atoms with E-state index >= 15 is 0 Å². The van der Waals surface area contributed by atoms with E-state index in [1.54, 1.807) is 4.90 Å². The van der Waals surface area contributed by atoms with Crippen LogP contribution in [-0.2, 0) is 0 Å². The minimum Gasteiger partial charge on any atom is -0.335 e. The Balaban J connectivity index is 1.77. The van der Waals surface area contributed by atoms with Gasteiger partial charge in [0.2, 0.25) is 0 Å². The van der Waals surface area contributed by atoms with Crippen molar-refractivity contribution < 1.29 is 9.18 Å². The number of nitrogens with zero attached hydrogens (tertiary/aromatic N) is 1. The van der Waals surface area contributed by atoms with Crippen LogP contribution in [0, 0.1) is 0 Å². The van der Waals surface area contributed by atoms with Crippen LogP contribution in [0.3, 0.4) is 0 Å². The third-order valence-corrected chi connectivity index (χ3v) is 3.10. The second-order valence-electron chi connectivity index (χ2n) is 4.26. The summed E-state index contributed by atoms with van der Waals surface area (Å²) in [6.07, 6.45) is 4.26. The molecule has 2 rings (SSSR count). The van der Waals surface area contributed by atoms with Crippen LogP contribution in [-0.4, -0.2) is 36.2 Å². The highest BCUT2D eigenvalue weighted by Crippen LogP contribution is 2.19. The molecule has 1 aliphatic heterocycles. The van der Waals surface area contributed by atoms with Crippen molar-refractivity contribution in [1.29, 1.82) is 0 Å². The molecule has 0 spiro atoms. The number of carbonyl (C=O) groups excluding carboxylic acids is 1. The predicted molar refractivity (Wildman–Crippen MR) is 51.9 cm³/mol. The van der Waals surface area contributed by atoms with Gasteiger partial charge >= 0.3 is 6.03 Å². The predicted octanol–water partition coefficient (Wildman–Crippen LogP) is 1.68. The molecule has 1 saturated heterocycles. The van der Waals surface area contributed by atoms with Gasteiger partial charge in [-0.15, -0.1) is 0 Å². The molecule has 1 unspecified atom stereocenters. The molecule has 4 heteroatoms. The first-order valence-corrected chi connectivity index (χ1v) is 5.45. The van der Waals surface area contributed by atoms with E-state index in [2.05, 4.69) is 5.32 Å². The highest BCUT2D eigenvalue weighted by atomic mass is 19.1. The summed E-state index contributed by atoms with van der Waals surface area (Å²) in [4.78, 5) is 13.2. The first-order chi connectivity index (χ1) is 6.75. The van der Waals surface area contributed by atoms with Crippen molar-refractivity contribution in [3.63, 3.8) is 0 Å². The van der Waals surface area contributed by atoms with Gasteiger partial charge in [-0.25, -0.2) is 9.18 Å². The van der Waals surface area contributed by atoms with Crippen LogP contribution in [0.5, 0.6) is 0 Å². The lowest BCUT2D eigenvalue weighted by atomic mass is 10.2. The van der Waals surface area contributed by atoms with Gasteiger partial charge in [-0.2, -0.15) is 0 Å². The van der Waals surface area contributed by atoms with Gasteiger partial charge < -0.3 is 10.2 Å². The number of urea groups is 1. The van der Waals surface area contributed by atoms with Crippen molar-refractivity contribution in [2.75, 3.05) is 13.1 Å². The number of carbonyl (C=O) groups is 1. The molecule has 0 radical (unpaired) electrons. The van der Waals surface area contributed by atoms with Crippen LogP contribution < -0.4 is 5.32 Å².